The zero-order valence-electron chi connectivity index (χ0n) is 18.4. The summed E-state index contributed by atoms with van der Waals surface area (Å²) in [7, 11) is 0. The smallest absolute Gasteiger partial charge is 0.133 e. The molecule has 156 valence electrons. The molecule has 2 heteroatoms. The molecule has 5 aliphatic rings. The van der Waals surface area contributed by atoms with E-state index in [2.05, 4.69) is 32.2 Å². The first kappa shape index (κ1) is 19.3. The van der Waals surface area contributed by atoms with E-state index in [9.17, 15) is 4.79 Å². The Morgan fingerprint density at radius 1 is 1.18 bits per heavy atom. The SMILES string of the molecule is CCC1CC2CC(=O)CC[C@]2(C)[C@@H]2CC[C@]3(C)C(C4CCCNC4)=CC[C@H]3[C@H]12. The van der Waals surface area contributed by atoms with Gasteiger partial charge in [-0.25, -0.2) is 0 Å². The Balaban J connectivity index is 1.45. The Kier molecular flexibility index (Phi) is 4.81. The van der Waals surface area contributed by atoms with Crippen molar-refractivity contribution in [2.75, 3.05) is 13.1 Å². The van der Waals surface area contributed by atoms with E-state index in [4.69, 9.17) is 0 Å². The largest absolute Gasteiger partial charge is 0.316 e. The molecule has 0 spiro atoms. The number of Topliss-reactive ketones (excluding diaryl/α,β-unsaturated/α-hetero) is 1. The molecule has 8 atom stereocenters. The van der Waals surface area contributed by atoms with Gasteiger partial charge in [0.05, 0.1) is 0 Å². The van der Waals surface area contributed by atoms with E-state index in [0.717, 1.165) is 42.4 Å². The Bertz CT molecular complexity index is 661. The number of piperidine rings is 1. The highest BCUT2D eigenvalue weighted by atomic mass is 16.1. The third-order valence-electron chi connectivity index (χ3n) is 10.6. The maximum absolute atomic E-state index is 12.3. The Morgan fingerprint density at radius 3 is 2.79 bits per heavy atom. The minimum atomic E-state index is 0.431. The van der Waals surface area contributed by atoms with Crippen molar-refractivity contribution in [3.8, 4) is 0 Å². The minimum absolute atomic E-state index is 0.431. The number of rotatable bonds is 2. The topological polar surface area (TPSA) is 29.1 Å². The van der Waals surface area contributed by atoms with Gasteiger partial charge in [0, 0.05) is 19.4 Å². The van der Waals surface area contributed by atoms with Crippen molar-refractivity contribution < 1.29 is 4.79 Å². The molecule has 0 radical (unpaired) electrons. The van der Waals surface area contributed by atoms with Crippen LogP contribution in [0.1, 0.15) is 85.0 Å². The van der Waals surface area contributed by atoms with Gasteiger partial charge >= 0.3 is 0 Å². The summed E-state index contributed by atoms with van der Waals surface area (Å²) in [5, 5.41) is 3.68. The fraction of sp³-hybridized carbons (Fsp3) is 0.885. The first-order chi connectivity index (χ1) is 13.5. The van der Waals surface area contributed by atoms with E-state index in [-0.39, 0.29) is 0 Å². The third-order valence-corrected chi connectivity index (χ3v) is 10.6. The quantitative estimate of drug-likeness (QED) is 0.613. The number of fused-ring (bicyclic) bond motifs is 5. The number of hydrogen-bond acceptors (Lipinski definition) is 2. The zero-order chi connectivity index (χ0) is 19.5. The van der Waals surface area contributed by atoms with Gasteiger partial charge < -0.3 is 5.32 Å². The molecule has 1 saturated heterocycles. The van der Waals surface area contributed by atoms with Crippen LogP contribution in [-0.2, 0) is 4.79 Å². The van der Waals surface area contributed by atoms with Crippen molar-refractivity contribution in [1.82, 2.24) is 5.32 Å². The standard InChI is InChI=1S/C26H41NO/c1-4-17-14-19-15-20(28)9-11-25(19,2)23-10-12-26(3)21(7-8-22(26)24(17)23)18-6-5-13-27-16-18/h7,17-19,22-24,27H,4-6,8-16H2,1-3H3/t17?,18?,19?,22-,23+,24-,25-,26+/m0/s1. The summed E-state index contributed by atoms with van der Waals surface area (Å²) in [5.74, 6) is 5.47. The minimum Gasteiger partial charge on any atom is -0.316 e. The lowest BCUT2D eigenvalue weighted by molar-refractivity contribution is -0.147. The number of ketones is 1. The molecular formula is C26H41NO. The van der Waals surface area contributed by atoms with E-state index < -0.39 is 0 Å². The molecule has 1 heterocycles. The summed E-state index contributed by atoms with van der Waals surface area (Å²) >= 11 is 0. The van der Waals surface area contributed by atoms with Crippen LogP contribution in [0.4, 0.5) is 0 Å². The lowest BCUT2D eigenvalue weighted by Crippen LogP contribution is -2.56. The summed E-state index contributed by atoms with van der Waals surface area (Å²) in [6.07, 6.45) is 15.1. The zero-order valence-corrected chi connectivity index (χ0v) is 18.4. The fourth-order valence-electron chi connectivity index (χ4n) is 9.00. The van der Waals surface area contributed by atoms with Crippen molar-refractivity contribution in [2.24, 2.45) is 46.3 Å². The van der Waals surface area contributed by atoms with Gasteiger partial charge in [-0.15, -0.1) is 0 Å². The maximum Gasteiger partial charge on any atom is 0.133 e. The summed E-state index contributed by atoms with van der Waals surface area (Å²) in [5.41, 5.74) is 2.72. The lowest BCUT2D eigenvalue weighted by Gasteiger charge is -2.62. The number of nitrogens with one attached hydrogen (secondary N) is 1. The van der Waals surface area contributed by atoms with E-state index in [1.165, 1.54) is 64.5 Å². The fourth-order valence-corrected chi connectivity index (χ4v) is 9.00. The molecule has 3 unspecified atom stereocenters. The third kappa shape index (κ3) is 2.72. The van der Waals surface area contributed by atoms with E-state index in [1.807, 2.05) is 5.57 Å². The Morgan fingerprint density at radius 2 is 2.04 bits per heavy atom. The van der Waals surface area contributed by atoms with E-state index in [0.29, 0.717) is 22.5 Å². The lowest BCUT2D eigenvalue weighted by atomic mass is 9.42. The first-order valence-corrected chi connectivity index (χ1v) is 12.4. The predicted molar refractivity (Wildman–Crippen MR) is 115 cm³/mol. The average molecular weight is 384 g/mol. The highest BCUT2D eigenvalue weighted by molar-refractivity contribution is 5.79. The van der Waals surface area contributed by atoms with Gasteiger partial charge in [0.2, 0.25) is 0 Å². The normalized spacial score (nSPS) is 51.1. The number of carbonyl (C=O) groups is 1. The van der Waals surface area contributed by atoms with Crippen LogP contribution in [0, 0.1) is 46.3 Å². The predicted octanol–water partition coefficient (Wildman–Crippen LogP) is 5.77. The molecule has 1 N–H and O–H groups in total. The van der Waals surface area contributed by atoms with Crippen LogP contribution in [0.5, 0.6) is 0 Å². The van der Waals surface area contributed by atoms with Crippen LogP contribution < -0.4 is 5.32 Å². The van der Waals surface area contributed by atoms with Crippen LogP contribution >= 0.6 is 0 Å². The van der Waals surface area contributed by atoms with Crippen molar-refractivity contribution in [3.05, 3.63) is 11.6 Å². The van der Waals surface area contributed by atoms with Crippen LogP contribution in [-0.4, -0.2) is 18.9 Å². The molecule has 0 bridgehead atoms. The van der Waals surface area contributed by atoms with Crippen LogP contribution in [0.3, 0.4) is 0 Å². The van der Waals surface area contributed by atoms with Gasteiger partial charge in [0.1, 0.15) is 5.78 Å². The van der Waals surface area contributed by atoms with Crippen molar-refractivity contribution in [3.63, 3.8) is 0 Å². The summed E-state index contributed by atoms with van der Waals surface area (Å²) in [6, 6.07) is 0. The van der Waals surface area contributed by atoms with E-state index >= 15 is 0 Å². The second kappa shape index (κ2) is 6.96. The Labute approximate surface area is 172 Å². The van der Waals surface area contributed by atoms with Gasteiger partial charge in [-0.2, -0.15) is 0 Å². The van der Waals surface area contributed by atoms with Gasteiger partial charge in [0.25, 0.3) is 0 Å². The molecule has 2 nitrogen and oxygen atoms in total. The molecule has 0 amide bonds. The molecule has 0 aromatic carbocycles. The summed E-state index contributed by atoms with van der Waals surface area (Å²) in [6.45, 7) is 10.1. The van der Waals surface area contributed by atoms with Crippen molar-refractivity contribution >= 4 is 5.78 Å². The molecule has 0 aromatic rings. The second-order valence-corrected chi connectivity index (χ2v) is 11.5. The molecule has 4 aliphatic carbocycles. The van der Waals surface area contributed by atoms with Gasteiger partial charge in [-0.3, -0.25) is 4.79 Å². The average Bonchev–Trinajstić information content (AvgIpc) is 3.06. The molecule has 5 rings (SSSR count). The second-order valence-electron chi connectivity index (χ2n) is 11.5. The first-order valence-electron chi connectivity index (χ1n) is 12.4. The molecule has 4 fully saturated rings. The Hall–Kier alpha value is -0.630. The maximum atomic E-state index is 12.3. The molecule has 0 aromatic heterocycles. The number of carbonyl (C=O) groups excluding carboxylic acids is 1. The van der Waals surface area contributed by atoms with Gasteiger partial charge in [0.15, 0.2) is 0 Å². The van der Waals surface area contributed by atoms with Crippen LogP contribution in [0.2, 0.25) is 0 Å². The number of hydrogen-bond donors (Lipinski definition) is 1. The molecular weight excluding hydrogens is 342 g/mol. The van der Waals surface area contributed by atoms with Crippen LogP contribution in [0.15, 0.2) is 11.6 Å². The molecule has 1 aliphatic heterocycles. The highest BCUT2D eigenvalue weighted by Crippen LogP contribution is 2.68. The monoisotopic (exact) mass is 383 g/mol. The summed E-state index contributed by atoms with van der Waals surface area (Å²) < 4.78 is 0. The van der Waals surface area contributed by atoms with Gasteiger partial charge in [-0.05, 0) is 97.8 Å². The summed E-state index contributed by atoms with van der Waals surface area (Å²) in [4.78, 5) is 12.3. The van der Waals surface area contributed by atoms with E-state index in [1.54, 1.807) is 0 Å². The number of allylic oxidation sites excluding steroid dienone is 1. The molecule has 28 heavy (non-hydrogen) atoms. The van der Waals surface area contributed by atoms with Crippen molar-refractivity contribution in [2.45, 2.75) is 85.0 Å². The van der Waals surface area contributed by atoms with Crippen LogP contribution in [0.25, 0.3) is 0 Å². The molecule has 3 saturated carbocycles. The van der Waals surface area contributed by atoms with Crippen molar-refractivity contribution in [1.29, 1.82) is 0 Å². The highest BCUT2D eigenvalue weighted by Gasteiger charge is 2.61. The van der Waals surface area contributed by atoms with Gasteiger partial charge in [-0.1, -0.05) is 38.8 Å².